The molecule has 40 heavy (non-hydrogen) atoms. The Bertz CT molecular complexity index is 1240. The van der Waals surface area contributed by atoms with Gasteiger partial charge in [0.25, 0.3) is 0 Å². The lowest BCUT2D eigenvalue weighted by atomic mass is 9.90. The molecule has 0 unspecified atom stereocenters. The van der Waals surface area contributed by atoms with Gasteiger partial charge in [-0.3, -0.25) is 14.6 Å². The second-order valence-electron chi connectivity index (χ2n) is 11.4. The number of ketones is 1. The lowest BCUT2D eigenvalue weighted by molar-refractivity contribution is 0.0974. The van der Waals surface area contributed by atoms with Gasteiger partial charge in [-0.15, -0.1) is 24.8 Å². The van der Waals surface area contributed by atoms with Crippen molar-refractivity contribution in [3.8, 4) is 0 Å². The zero-order chi connectivity index (χ0) is 26.3. The van der Waals surface area contributed by atoms with Crippen LogP contribution < -0.4 is 0 Å². The van der Waals surface area contributed by atoms with Crippen LogP contribution in [0.1, 0.15) is 76.7 Å². The third-order valence-corrected chi connectivity index (χ3v) is 8.75. The normalized spacial score (nSPS) is 16.4. The topological polar surface area (TPSA) is 23.6 Å². The summed E-state index contributed by atoms with van der Waals surface area (Å²) in [7, 11) is 0. The molecule has 0 spiro atoms. The Kier molecular flexibility index (Phi) is 13.0. The smallest absolute Gasteiger partial charge is 0.162 e. The number of carbonyl (C=O) groups excluding carboxylic acids is 1. The first-order valence-electron chi connectivity index (χ1n) is 14.4. The van der Waals surface area contributed by atoms with E-state index in [1.807, 2.05) is 12.1 Å². The largest absolute Gasteiger partial charge is 0.299 e. The van der Waals surface area contributed by atoms with Crippen LogP contribution >= 0.6 is 36.4 Å². The molecule has 0 aliphatic carbocycles. The summed E-state index contributed by atoms with van der Waals surface area (Å²) >= 11 is 6.15. The Hall–Kier alpha value is -1.88. The highest BCUT2D eigenvalue weighted by Gasteiger charge is 2.21. The first-order valence-corrected chi connectivity index (χ1v) is 14.8. The summed E-state index contributed by atoms with van der Waals surface area (Å²) in [6, 6.07) is 23.4. The Morgan fingerprint density at radius 3 is 2.45 bits per heavy atom. The van der Waals surface area contributed by atoms with Crippen molar-refractivity contribution >= 4 is 42.2 Å². The van der Waals surface area contributed by atoms with Crippen LogP contribution in [0.4, 0.5) is 0 Å². The second-order valence-corrected chi connectivity index (χ2v) is 11.8. The molecular weight excluding hydrogens is 559 g/mol. The third kappa shape index (κ3) is 9.06. The van der Waals surface area contributed by atoms with E-state index < -0.39 is 0 Å². The van der Waals surface area contributed by atoms with E-state index in [0.29, 0.717) is 12.2 Å². The lowest BCUT2D eigenvalue weighted by Gasteiger charge is -2.32. The summed E-state index contributed by atoms with van der Waals surface area (Å²) in [4.78, 5) is 18.2. The third-order valence-electron chi connectivity index (χ3n) is 8.52. The molecule has 0 atom stereocenters. The van der Waals surface area contributed by atoms with Gasteiger partial charge in [0.2, 0.25) is 0 Å². The number of benzene rings is 3. The van der Waals surface area contributed by atoms with Gasteiger partial charge in [0.15, 0.2) is 5.78 Å². The molecule has 3 aromatic rings. The minimum Gasteiger partial charge on any atom is -0.299 e. The van der Waals surface area contributed by atoms with Crippen molar-refractivity contribution < 1.29 is 4.79 Å². The van der Waals surface area contributed by atoms with Crippen LogP contribution in [0, 0.1) is 12.8 Å². The number of likely N-dealkylation sites (tertiary alicyclic amines) is 1. The lowest BCUT2D eigenvalue weighted by Crippen LogP contribution is -2.33. The van der Waals surface area contributed by atoms with E-state index >= 15 is 0 Å². The number of Topliss-reactive ketones (excluding diaryl/α,β-unsaturated/α-hetero) is 1. The fourth-order valence-electron chi connectivity index (χ4n) is 6.19. The number of rotatable bonds is 9. The van der Waals surface area contributed by atoms with Gasteiger partial charge in [0.1, 0.15) is 0 Å². The molecule has 2 aliphatic rings. The molecule has 2 aliphatic heterocycles. The molecule has 0 bridgehead atoms. The van der Waals surface area contributed by atoms with E-state index in [-0.39, 0.29) is 24.8 Å². The first kappa shape index (κ1) is 32.6. The van der Waals surface area contributed by atoms with Gasteiger partial charge >= 0.3 is 0 Å². The van der Waals surface area contributed by atoms with Crippen molar-refractivity contribution in [3.63, 3.8) is 0 Å². The molecule has 1 fully saturated rings. The molecule has 216 valence electrons. The number of fused-ring (bicyclic) bond motifs is 1. The fourth-order valence-corrected chi connectivity index (χ4v) is 6.40. The molecule has 5 rings (SSSR count). The van der Waals surface area contributed by atoms with Crippen molar-refractivity contribution in [2.45, 2.75) is 71.5 Å². The van der Waals surface area contributed by atoms with Crippen molar-refractivity contribution in [2.24, 2.45) is 5.92 Å². The molecule has 0 radical (unpaired) electrons. The van der Waals surface area contributed by atoms with Crippen molar-refractivity contribution in [2.75, 3.05) is 19.6 Å². The number of hydrogen-bond acceptors (Lipinski definition) is 3. The Morgan fingerprint density at radius 2 is 1.68 bits per heavy atom. The number of carbonyl (C=O) groups is 1. The maximum Gasteiger partial charge on any atom is 0.162 e. The number of nitrogens with zero attached hydrogens (tertiary/aromatic N) is 2. The monoisotopic (exact) mass is 600 g/mol. The molecular formula is C34H43Cl3N2O. The van der Waals surface area contributed by atoms with Crippen LogP contribution in [-0.2, 0) is 26.1 Å². The van der Waals surface area contributed by atoms with E-state index in [1.165, 1.54) is 47.1 Å². The Labute approximate surface area is 258 Å². The first-order chi connectivity index (χ1) is 18.5. The van der Waals surface area contributed by atoms with Crippen LogP contribution in [0.2, 0.25) is 5.02 Å². The van der Waals surface area contributed by atoms with Gasteiger partial charge in [0.05, 0.1) is 0 Å². The average molecular weight is 602 g/mol. The molecule has 1 saturated heterocycles. The maximum atomic E-state index is 13.1. The quantitative estimate of drug-likeness (QED) is 0.229. The van der Waals surface area contributed by atoms with Crippen LogP contribution in [0.25, 0.3) is 0 Å². The van der Waals surface area contributed by atoms with Gasteiger partial charge in [-0.2, -0.15) is 0 Å². The van der Waals surface area contributed by atoms with Crippen LogP contribution in [-0.4, -0.2) is 35.2 Å². The molecule has 3 nitrogen and oxygen atoms in total. The van der Waals surface area contributed by atoms with Crippen LogP contribution in [0.3, 0.4) is 0 Å². The summed E-state index contributed by atoms with van der Waals surface area (Å²) in [5, 5.41) is 0.816. The molecule has 0 aromatic heterocycles. The predicted molar refractivity (Wildman–Crippen MR) is 172 cm³/mol. The standard InChI is InChI=1S/C34H41ClN2O.2ClH/c1-26-7-2-3-10-31(26)24-37-18-6-11-29-14-15-30(22-32(29)25-37)34(38)13-5-8-27-16-19-36(20-17-27)23-28-9-4-12-33(35)21-28;;/h2-4,7,9-10,12,14-15,21-22,27H,5-6,8,11,13,16-20,23-25H2,1H3;2*1H. The average Bonchev–Trinajstić information content (AvgIpc) is 3.12. The van der Waals surface area contributed by atoms with E-state index in [9.17, 15) is 4.79 Å². The van der Waals surface area contributed by atoms with Gasteiger partial charge in [-0.05, 0) is 117 Å². The Balaban J connectivity index is 0.00000220. The molecule has 0 N–H and O–H groups in total. The fraction of sp³-hybridized carbons (Fsp3) is 0.441. The summed E-state index contributed by atoms with van der Waals surface area (Å²) < 4.78 is 0. The van der Waals surface area contributed by atoms with E-state index in [0.717, 1.165) is 75.0 Å². The highest BCUT2D eigenvalue weighted by molar-refractivity contribution is 6.30. The van der Waals surface area contributed by atoms with Crippen molar-refractivity contribution in [3.05, 3.63) is 105 Å². The maximum absolute atomic E-state index is 13.1. The number of halogens is 3. The number of piperidine rings is 1. The van der Waals surface area contributed by atoms with Crippen molar-refractivity contribution in [1.82, 2.24) is 9.80 Å². The highest BCUT2D eigenvalue weighted by atomic mass is 35.5. The minimum atomic E-state index is 0. The van der Waals surface area contributed by atoms with Gasteiger partial charge < -0.3 is 0 Å². The summed E-state index contributed by atoms with van der Waals surface area (Å²) in [6.45, 7) is 8.45. The van der Waals surface area contributed by atoms with Gasteiger partial charge in [-0.1, -0.05) is 60.1 Å². The zero-order valence-corrected chi connectivity index (χ0v) is 26.0. The van der Waals surface area contributed by atoms with E-state index in [4.69, 9.17) is 11.6 Å². The molecule has 0 saturated carbocycles. The van der Waals surface area contributed by atoms with Gasteiger partial charge in [-0.25, -0.2) is 0 Å². The van der Waals surface area contributed by atoms with Gasteiger partial charge in [0, 0.05) is 36.6 Å². The zero-order valence-electron chi connectivity index (χ0n) is 23.6. The van der Waals surface area contributed by atoms with E-state index in [2.05, 4.69) is 71.3 Å². The minimum absolute atomic E-state index is 0. The summed E-state index contributed by atoms with van der Waals surface area (Å²) in [5.74, 6) is 1.04. The molecule has 3 aromatic carbocycles. The number of aryl methyl sites for hydroxylation is 2. The summed E-state index contributed by atoms with van der Waals surface area (Å²) in [6.07, 6.45) is 7.54. The number of hydrogen-bond donors (Lipinski definition) is 0. The summed E-state index contributed by atoms with van der Waals surface area (Å²) in [5.41, 5.74) is 7.71. The van der Waals surface area contributed by atoms with Crippen molar-refractivity contribution in [1.29, 1.82) is 0 Å². The Morgan fingerprint density at radius 1 is 0.875 bits per heavy atom. The molecule has 2 heterocycles. The SMILES string of the molecule is Cc1ccccc1CN1CCCc2ccc(C(=O)CCCC3CCN(Cc4cccc(Cl)c4)CC3)cc2C1.Cl.Cl. The molecule has 6 heteroatoms. The van der Waals surface area contributed by atoms with Crippen LogP contribution in [0.15, 0.2) is 66.7 Å². The molecule has 0 amide bonds. The van der Waals surface area contributed by atoms with Crippen LogP contribution in [0.5, 0.6) is 0 Å². The second kappa shape index (κ2) is 15.9. The predicted octanol–water partition coefficient (Wildman–Crippen LogP) is 8.71. The highest BCUT2D eigenvalue weighted by Crippen LogP contribution is 2.26. The van der Waals surface area contributed by atoms with E-state index in [1.54, 1.807) is 0 Å².